The molecule has 0 aliphatic carbocycles. The Labute approximate surface area is 98.2 Å². The maximum atomic E-state index is 12.6. The number of rotatable bonds is 6. The fourth-order valence-corrected chi connectivity index (χ4v) is 3.11. The van der Waals surface area contributed by atoms with Crippen LogP contribution in [0.4, 0.5) is 0 Å². The Morgan fingerprint density at radius 2 is 1.38 bits per heavy atom. The summed E-state index contributed by atoms with van der Waals surface area (Å²) in [5.74, 6) is -0.197. The minimum absolute atomic E-state index is 0.197. The van der Waals surface area contributed by atoms with Crippen molar-refractivity contribution in [1.82, 2.24) is 0 Å². The SMILES string of the molecule is CC(=O)C(C)(C)P(=O)(OC(C)C)OC(C)C. The molecule has 0 amide bonds. The van der Waals surface area contributed by atoms with Crippen molar-refractivity contribution in [2.45, 2.75) is 65.8 Å². The minimum Gasteiger partial charge on any atom is -0.305 e. The summed E-state index contributed by atoms with van der Waals surface area (Å²) >= 11 is 0. The standard InChI is InChI=1S/C11H23O4P/c1-8(2)14-16(13,15-9(3)4)11(6,7)10(5)12/h8-9H,1-7H3. The summed E-state index contributed by atoms with van der Waals surface area (Å²) in [7, 11) is -3.44. The summed E-state index contributed by atoms with van der Waals surface area (Å²) in [6.07, 6.45) is -0.494. The lowest BCUT2D eigenvalue weighted by Crippen LogP contribution is -2.33. The minimum atomic E-state index is -3.44. The zero-order valence-corrected chi connectivity index (χ0v) is 12.1. The van der Waals surface area contributed by atoms with Crippen molar-refractivity contribution in [2.24, 2.45) is 0 Å². The molecule has 4 nitrogen and oxygen atoms in total. The Morgan fingerprint density at radius 1 is 1.06 bits per heavy atom. The smallest absolute Gasteiger partial charge is 0.305 e. The molecule has 0 radical (unpaired) electrons. The molecule has 0 fully saturated rings. The number of hydrogen-bond donors (Lipinski definition) is 0. The van der Waals surface area contributed by atoms with Crippen LogP contribution in [-0.4, -0.2) is 23.1 Å². The first-order chi connectivity index (χ1) is 7.03. The van der Waals surface area contributed by atoms with Crippen molar-refractivity contribution in [3.05, 3.63) is 0 Å². The van der Waals surface area contributed by atoms with E-state index in [4.69, 9.17) is 9.05 Å². The summed E-state index contributed by atoms with van der Waals surface area (Å²) in [6.45, 7) is 11.7. The molecule has 0 rings (SSSR count). The van der Waals surface area contributed by atoms with Gasteiger partial charge in [0.2, 0.25) is 0 Å². The molecular weight excluding hydrogens is 227 g/mol. The molecule has 0 aliphatic rings. The third kappa shape index (κ3) is 3.69. The average molecular weight is 250 g/mol. The van der Waals surface area contributed by atoms with E-state index in [1.807, 2.05) is 0 Å². The van der Waals surface area contributed by atoms with Crippen molar-refractivity contribution >= 4 is 13.4 Å². The van der Waals surface area contributed by atoms with Gasteiger partial charge in [-0.1, -0.05) is 0 Å². The molecule has 96 valence electrons. The third-order valence-electron chi connectivity index (χ3n) is 2.25. The molecule has 0 aliphatic heterocycles. The van der Waals surface area contributed by atoms with E-state index in [0.29, 0.717) is 0 Å². The van der Waals surface area contributed by atoms with Crippen molar-refractivity contribution in [3.8, 4) is 0 Å². The number of ketones is 1. The Morgan fingerprint density at radius 3 is 1.56 bits per heavy atom. The number of Topliss-reactive ketones (excluding diaryl/α,β-unsaturated/α-hetero) is 1. The third-order valence-corrected chi connectivity index (χ3v) is 5.33. The lowest BCUT2D eigenvalue weighted by Gasteiger charge is -2.33. The predicted molar refractivity (Wildman–Crippen MR) is 64.8 cm³/mol. The van der Waals surface area contributed by atoms with Gasteiger partial charge in [0, 0.05) is 0 Å². The van der Waals surface area contributed by atoms with Crippen LogP contribution in [-0.2, 0) is 18.4 Å². The highest BCUT2D eigenvalue weighted by atomic mass is 31.2. The van der Waals surface area contributed by atoms with Crippen LogP contribution in [0.3, 0.4) is 0 Å². The zero-order chi connectivity index (χ0) is 13.1. The average Bonchev–Trinajstić information content (AvgIpc) is 1.99. The largest absolute Gasteiger partial charge is 0.344 e. The van der Waals surface area contributed by atoms with E-state index in [1.54, 1.807) is 41.5 Å². The van der Waals surface area contributed by atoms with E-state index in [9.17, 15) is 9.36 Å². The number of hydrogen-bond acceptors (Lipinski definition) is 4. The second kappa shape index (κ2) is 5.44. The predicted octanol–water partition coefficient (Wildman–Crippen LogP) is 3.40. The van der Waals surface area contributed by atoms with Gasteiger partial charge < -0.3 is 9.05 Å². The summed E-state index contributed by atoms with van der Waals surface area (Å²) in [6, 6.07) is 0. The summed E-state index contributed by atoms with van der Waals surface area (Å²) < 4.78 is 23.4. The first kappa shape index (κ1) is 15.8. The molecule has 0 aromatic rings. The molecule has 0 spiro atoms. The van der Waals surface area contributed by atoms with E-state index < -0.39 is 12.8 Å². The summed E-state index contributed by atoms with van der Waals surface area (Å²) in [5, 5.41) is -1.11. The fraction of sp³-hybridized carbons (Fsp3) is 0.909. The first-order valence-corrected chi connectivity index (χ1v) is 7.05. The molecule has 0 bridgehead atoms. The first-order valence-electron chi connectivity index (χ1n) is 5.51. The van der Waals surface area contributed by atoms with Gasteiger partial charge in [0.05, 0.1) is 12.2 Å². The van der Waals surface area contributed by atoms with Crippen LogP contribution in [0.25, 0.3) is 0 Å². The van der Waals surface area contributed by atoms with Crippen LogP contribution < -0.4 is 0 Å². The second-order valence-electron chi connectivity index (χ2n) is 4.92. The lowest BCUT2D eigenvalue weighted by atomic mass is 10.1. The van der Waals surface area contributed by atoms with Crippen molar-refractivity contribution < 1.29 is 18.4 Å². The fourth-order valence-electron chi connectivity index (χ4n) is 1.04. The Bertz CT molecular complexity index is 280. The Kier molecular flexibility index (Phi) is 5.37. The molecule has 5 heteroatoms. The number of carbonyl (C=O) groups is 1. The highest BCUT2D eigenvalue weighted by Gasteiger charge is 2.48. The van der Waals surface area contributed by atoms with Gasteiger partial charge in [-0.2, -0.15) is 0 Å². The van der Waals surface area contributed by atoms with Gasteiger partial charge in [-0.05, 0) is 48.5 Å². The maximum Gasteiger partial charge on any atom is 0.344 e. The molecule has 0 saturated heterocycles. The summed E-state index contributed by atoms with van der Waals surface area (Å²) in [4.78, 5) is 11.5. The Hall–Kier alpha value is -0.180. The van der Waals surface area contributed by atoms with Crippen LogP contribution >= 0.6 is 7.60 Å². The van der Waals surface area contributed by atoms with Gasteiger partial charge >= 0.3 is 7.60 Å². The van der Waals surface area contributed by atoms with Gasteiger partial charge in [0.15, 0.2) is 0 Å². The van der Waals surface area contributed by atoms with E-state index in [1.165, 1.54) is 6.92 Å². The molecular formula is C11H23O4P. The van der Waals surface area contributed by atoms with Crippen LogP contribution in [0.5, 0.6) is 0 Å². The molecule has 16 heavy (non-hydrogen) atoms. The quantitative estimate of drug-likeness (QED) is 0.678. The van der Waals surface area contributed by atoms with Gasteiger partial charge in [-0.25, -0.2) is 0 Å². The monoisotopic (exact) mass is 250 g/mol. The van der Waals surface area contributed by atoms with Crippen molar-refractivity contribution in [1.29, 1.82) is 0 Å². The molecule has 0 unspecified atom stereocenters. The normalized spacial score (nSPS) is 13.6. The molecule has 0 aromatic heterocycles. The van der Waals surface area contributed by atoms with Gasteiger partial charge in [0.25, 0.3) is 0 Å². The topological polar surface area (TPSA) is 52.6 Å². The van der Waals surface area contributed by atoms with Crippen LogP contribution in [0.2, 0.25) is 0 Å². The van der Waals surface area contributed by atoms with Crippen molar-refractivity contribution in [2.75, 3.05) is 0 Å². The van der Waals surface area contributed by atoms with Crippen LogP contribution in [0.15, 0.2) is 0 Å². The summed E-state index contributed by atoms with van der Waals surface area (Å²) in [5.41, 5.74) is 0. The van der Waals surface area contributed by atoms with Crippen LogP contribution in [0, 0.1) is 0 Å². The highest BCUT2D eigenvalue weighted by molar-refractivity contribution is 7.56. The molecule has 0 atom stereocenters. The van der Waals surface area contributed by atoms with Gasteiger partial charge in [-0.3, -0.25) is 9.36 Å². The van der Waals surface area contributed by atoms with E-state index in [-0.39, 0.29) is 18.0 Å². The van der Waals surface area contributed by atoms with Gasteiger partial charge in [0.1, 0.15) is 10.9 Å². The molecule has 0 N–H and O–H groups in total. The zero-order valence-electron chi connectivity index (χ0n) is 11.2. The Balaban J connectivity index is 5.22. The molecule has 0 saturated carbocycles. The van der Waals surface area contributed by atoms with Crippen molar-refractivity contribution in [3.63, 3.8) is 0 Å². The van der Waals surface area contributed by atoms with E-state index in [0.717, 1.165) is 0 Å². The van der Waals surface area contributed by atoms with Gasteiger partial charge in [-0.15, -0.1) is 0 Å². The number of carbonyl (C=O) groups excluding carboxylic acids is 1. The molecule has 0 aromatic carbocycles. The highest BCUT2D eigenvalue weighted by Crippen LogP contribution is 2.61. The van der Waals surface area contributed by atoms with Crippen LogP contribution in [0.1, 0.15) is 48.5 Å². The second-order valence-corrected chi connectivity index (χ2v) is 7.46. The van der Waals surface area contributed by atoms with E-state index in [2.05, 4.69) is 0 Å². The lowest BCUT2D eigenvalue weighted by molar-refractivity contribution is -0.119. The maximum absolute atomic E-state index is 12.6. The molecule has 0 heterocycles. The van der Waals surface area contributed by atoms with E-state index >= 15 is 0 Å².